The van der Waals surface area contributed by atoms with Crippen LogP contribution in [0, 0.1) is 0 Å². The van der Waals surface area contributed by atoms with Crippen LogP contribution in [0.4, 0.5) is 18.0 Å². The van der Waals surface area contributed by atoms with E-state index in [1.54, 1.807) is 5.32 Å². The fraction of sp³-hybridized carbons (Fsp3) is 0.750. The van der Waals surface area contributed by atoms with Crippen molar-refractivity contribution in [1.82, 2.24) is 10.2 Å². The molecule has 2 rings (SSSR count). The number of urea groups is 1. The van der Waals surface area contributed by atoms with Crippen molar-refractivity contribution < 1.29 is 22.8 Å². The summed E-state index contributed by atoms with van der Waals surface area (Å²) >= 11 is 0. The van der Waals surface area contributed by atoms with Gasteiger partial charge in [-0.2, -0.15) is 13.2 Å². The molecule has 3 amide bonds. The van der Waals surface area contributed by atoms with Crippen LogP contribution in [0.5, 0.6) is 0 Å². The Morgan fingerprint density at radius 1 is 1.40 bits per heavy atom. The van der Waals surface area contributed by atoms with Crippen molar-refractivity contribution in [2.24, 2.45) is 0 Å². The molecular formula is C8H9F3N2O2. The minimum Gasteiger partial charge on any atom is -0.316 e. The number of imide groups is 1. The van der Waals surface area contributed by atoms with Crippen molar-refractivity contribution in [2.45, 2.75) is 37.5 Å². The number of halogens is 3. The second-order valence-corrected chi connectivity index (χ2v) is 3.96. The Balaban J connectivity index is 2.31. The molecule has 1 saturated carbocycles. The molecule has 4 nitrogen and oxygen atoms in total. The number of nitrogens with one attached hydrogen (secondary N) is 1. The van der Waals surface area contributed by atoms with Crippen LogP contribution in [-0.2, 0) is 4.79 Å². The normalized spacial score (nSPS) is 32.1. The third-order valence-electron chi connectivity index (χ3n) is 2.70. The molecule has 0 aromatic heterocycles. The number of rotatable bonds is 1. The van der Waals surface area contributed by atoms with Gasteiger partial charge in [0, 0.05) is 6.04 Å². The zero-order valence-corrected chi connectivity index (χ0v) is 7.89. The van der Waals surface area contributed by atoms with Gasteiger partial charge in [-0.3, -0.25) is 9.69 Å². The highest BCUT2D eigenvalue weighted by molar-refractivity contribution is 6.07. The van der Waals surface area contributed by atoms with Gasteiger partial charge in [-0.05, 0) is 19.8 Å². The van der Waals surface area contributed by atoms with E-state index in [4.69, 9.17) is 0 Å². The van der Waals surface area contributed by atoms with E-state index in [9.17, 15) is 22.8 Å². The maximum atomic E-state index is 12.6. The molecule has 0 aromatic rings. The Morgan fingerprint density at radius 3 is 2.27 bits per heavy atom. The van der Waals surface area contributed by atoms with Crippen LogP contribution in [0.1, 0.15) is 19.8 Å². The minimum absolute atomic E-state index is 0.346. The van der Waals surface area contributed by atoms with Crippen molar-refractivity contribution in [3.8, 4) is 0 Å². The molecule has 1 aliphatic carbocycles. The molecule has 0 radical (unpaired) electrons. The molecule has 1 aliphatic heterocycles. The summed E-state index contributed by atoms with van der Waals surface area (Å²) in [5.74, 6) is -1.19. The van der Waals surface area contributed by atoms with Crippen LogP contribution in [-0.4, -0.2) is 34.6 Å². The standard InChI is InChI=1S/C8H9F3N2O2/c1-7(8(9,10)11)5(14)13(4-2-3-4)6(15)12-7/h4H,2-3H2,1H3,(H,12,15). The molecule has 0 spiro atoms. The SMILES string of the molecule is CC1(C(F)(F)F)NC(=O)N(C2CC2)C1=O. The van der Waals surface area contributed by atoms with Gasteiger partial charge in [-0.15, -0.1) is 0 Å². The molecule has 7 heteroatoms. The van der Waals surface area contributed by atoms with E-state index in [-0.39, 0.29) is 6.04 Å². The molecule has 1 N–H and O–H groups in total. The smallest absolute Gasteiger partial charge is 0.316 e. The second-order valence-electron chi connectivity index (χ2n) is 3.96. The van der Waals surface area contributed by atoms with Gasteiger partial charge in [0.05, 0.1) is 0 Å². The number of hydrogen-bond donors (Lipinski definition) is 1. The third-order valence-corrected chi connectivity index (χ3v) is 2.70. The highest BCUT2D eigenvalue weighted by atomic mass is 19.4. The molecule has 1 atom stereocenters. The Kier molecular flexibility index (Phi) is 1.81. The predicted molar refractivity (Wildman–Crippen MR) is 42.9 cm³/mol. The van der Waals surface area contributed by atoms with Gasteiger partial charge in [-0.1, -0.05) is 0 Å². The van der Waals surface area contributed by atoms with Gasteiger partial charge in [-0.25, -0.2) is 4.79 Å². The molecule has 1 heterocycles. The lowest BCUT2D eigenvalue weighted by atomic mass is 10.0. The second kappa shape index (κ2) is 2.65. The molecule has 0 aromatic carbocycles. The molecule has 2 fully saturated rings. The topological polar surface area (TPSA) is 49.4 Å². The number of nitrogens with zero attached hydrogens (tertiary/aromatic N) is 1. The summed E-state index contributed by atoms with van der Waals surface area (Å²) in [6, 6.07) is -1.29. The summed E-state index contributed by atoms with van der Waals surface area (Å²) in [4.78, 5) is 23.4. The Bertz CT molecular complexity index is 337. The largest absolute Gasteiger partial charge is 0.420 e. The number of hydrogen-bond acceptors (Lipinski definition) is 2. The van der Waals surface area contributed by atoms with E-state index < -0.39 is 23.7 Å². The fourth-order valence-corrected chi connectivity index (χ4v) is 1.52. The van der Waals surface area contributed by atoms with Crippen LogP contribution in [0.2, 0.25) is 0 Å². The predicted octanol–water partition coefficient (Wildman–Crippen LogP) is 1.02. The third kappa shape index (κ3) is 1.29. The first-order valence-electron chi connectivity index (χ1n) is 4.50. The van der Waals surface area contributed by atoms with Crippen LogP contribution >= 0.6 is 0 Å². The zero-order chi connectivity index (χ0) is 11.4. The van der Waals surface area contributed by atoms with Crippen LogP contribution in [0.25, 0.3) is 0 Å². The minimum atomic E-state index is -4.76. The Labute approximate surface area is 83.4 Å². The van der Waals surface area contributed by atoms with Crippen molar-refractivity contribution in [2.75, 3.05) is 0 Å². The lowest BCUT2D eigenvalue weighted by molar-refractivity contribution is -0.191. The van der Waals surface area contributed by atoms with Crippen molar-refractivity contribution >= 4 is 11.9 Å². The van der Waals surface area contributed by atoms with Crippen LogP contribution < -0.4 is 5.32 Å². The number of carbonyl (C=O) groups excluding carboxylic acids is 2. The number of alkyl halides is 3. The van der Waals surface area contributed by atoms with E-state index in [1.807, 2.05) is 0 Å². The monoisotopic (exact) mass is 222 g/mol. The maximum absolute atomic E-state index is 12.6. The zero-order valence-electron chi connectivity index (χ0n) is 7.89. The first kappa shape index (κ1) is 10.3. The van der Waals surface area contributed by atoms with Gasteiger partial charge in [0.2, 0.25) is 5.54 Å². The summed E-state index contributed by atoms with van der Waals surface area (Å²) in [5.41, 5.74) is -2.76. The summed E-state index contributed by atoms with van der Waals surface area (Å²) in [6.07, 6.45) is -3.58. The molecule has 1 unspecified atom stereocenters. The van der Waals surface area contributed by atoms with Gasteiger partial charge in [0.25, 0.3) is 5.91 Å². The molecule has 15 heavy (non-hydrogen) atoms. The summed E-state index contributed by atoms with van der Waals surface area (Å²) < 4.78 is 37.7. The van der Waals surface area contributed by atoms with Crippen LogP contribution in [0.3, 0.4) is 0 Å². The van der Waals surface area contributed by atoms with Crippen molar-refractivity contribution in [3.63, 3.8) is 0 Å². The Morgan fingerprint density at radius 2 is 1.93 bits per heavy atom. The summed E-state index contributed by atoms with van der Waals surface area (Å²) in [6.45, 7) is 0.690. The molecule has 84 valence electrons. The van der Waals surface area contributed by atoms with E-state index in [1.165, 1.54) is 0 Å². The summed E-state index contributed by atoms with van der Waals surface area (Å²) in [7, 11) is 0. The van der Waals surface area contributed by atoms with Crippen LogP contribution in [0.15, 0.2) is 0 Å². The molecule has 0 bridgehead atoms. The Hall–Kier alpha value is -1.27. The van der Waals surface area contributed by atoms with E-state index >= 15 is 0 Å². The van der Waals surface area contributed by atoms with E-state index in [0.29, 0.717) is 24.7 Å². The molecular weight excluding hydrogens is 213 g/mol. The lowest BCUT2D eigenvalue weighted by Crippen LogP contribution is -2.56. The van der Waals surface area contributed by atoms with Gasteiger partial charge in [0.15, 0.2) is 0 Å². The average Bonchev–Trinajstić information content (AvgIpc) is 2.82. The highest BCUT2D eigenvalue weighted by Gasteiger charge is 2.65. The van der Waals surface area contributed by atoms with Gasteiger partial charge >= 0.3 is 12.2 Å². The first-order chi connectivity index (χ1) is 6.77. The fourth-order valence-electron chi connectivity index (χ4n) is 1.52. The molecule has 2 aliphatic rings. The van der Waals surface area contributed by atoms with Gasteiger partial charge < -0.3 is 5.32 Å². The number of amides is 3. The lowest BCUT2D eigenvalue weighted by Gasteiger charge is -2.24. The van der Waals surface area contributed by atoms with Crippen molar-refractivity contribution in [3.05, 3.63) is 0 Å². The van der Waals surface area contributed by atoms with E-state index in [0.717, 1.165) is 0 Å². The average molecular weight is 222 g/mol. The summed E-state index contributed by atoms with van der Waals surface area (Å²) in [5, 5.41) is 1.70. The molecule has 1 saturated heterocycles. The van der Waals surface area contributed by atoms with Gasteiger partial charge in [0.1, 0.15) is 0 Å². The van der Waals surface area contributed by atoms with E-state index in [2.05, 4.69) is 0 Å². The van der Waals surface area contributed by atoms with Crippen molar-refractivity contribution in [1.29, 1.82) is 0 Å². The highest BCUT2D eigenvalue weighted by Crippen LogP contribution is 2.39. The number of carbonyl (C=O) groups is 2. The quantitative estimate of drug-likeness (QED) is 0.673. The maximum Gasteiger partial charge on any atom is 0.420 e. The first-order valence-corrected chi connectivity index (χ1v) is 4.50.